The van der Waals surface area contributed by atoms with Crippen molar-refractivity contribution in [3.05, 3.63) is 42.0 Å². The molecule has 9 nitrogen and oxygen atoms in total. The maximum Gasteiger partial charge on any atom is 0.407 e. The molecule has 2 heterocycles. The number of fused-ring (bicyclic) bond motifs is 1. The molecule has 1 aromatic heterocycles. The number of hydrogen-bond donors (Lipinski definition) is 3. The Morgan fingerprint density at radius 2 is 1.90 bits per heavy atom. The molecule has 0 aliphatic carbocycles. The fourth-order valence-electron chi connectivity index (χ4n) is 3.64. The highest BCUT2D eigenvalue weighted by molar-refractivity contribution is 7.19. The van der Waals surface area contributed by atoms with Crippen molar-refractivity contribution in [2.24, 2.45) is 0 Å². The number of hydrogen-bond acceptors (Lipinski definition) is 7. The molecule has 0 spiro atoms. The number of nitrogens with one attached hydrogen (secondary N) is 2. The summed E-state index contributed by atoms with van der Waals surface area (Å²) in [6, 6.07) is 11.5. The third-order valence-electron chi connectivity index (χ3n) is 5.16. The van der Waals surface area contributed by atoms with Gasteiger partial charge in [0.25, 0.3) is 5.91 Å². The molecule has 0 radical (unpaired) electrons. The van der Waals surface area contributed by atoms with Gasteiger partial charge in [0.2, 0.25) is 10.3 Å². The Labute approximate surface area is 183 Å². The molecule has 0 unspecified atom stereocenters. The number of piperidine rings is 1. The van der Waals surface area contributed by atoms with Crippen molar-refractivity contribution in [3.63, 3.8) is 0 Å². The molecule has 1 saturated heterocycles. The molecular formula is C21H23N5O4S. The Hall–Kier alpha value is -3.40. The molecular weight excluding hydrogens is 418 g/mol. The van der Waals surface area contributed by atoms with Crippen LogP contribution < -0.4 is 15.4 Å². The fraction of sp³-hybridized carbons (Fsp3) is 0.333. The number of carboxylic acid groups (broad SMARTS) is 1. The van der Waals surface area contributed by atoms with Crippen LogP contribution in [0.15, 0.2) is 36.4 Å². The Bertz CT molecular complexity index is 1090. The highest BCUT2D eigenvalue weighted by Gasteiger charge is 2.23. The maximum absolute atomic E-state index is 13.1. The summed E-state index contributed by atoms with van der Waals surface area (Å²) in [5, 5.41) is 26.1. The molecule has 3 N–H and O–H groups in total. The summed E-state index contributed by atoms with van der Waals surface area (Å²) in [7, 11) is 0. The number of amides is 2. The van der Waals surface area contributed by atoms with E-state index in [4.69, 9.17) is 9.84 Å². The van der Waals surface area contributed by atoms with Gasteiger partial charge in [0.1, 0.15) is 5.75 Å². The van der Waals surface area contributed by atoms with Crippen LogP contribution in [0, 0.1) is 0 Å². The zero-order valence-corrected chi connectivity index (χ0v) is 17.8. The van der Waals surface area contributed by atoms with Crippen LogP contribution in [-0.2, 0) is 0 Å². The second-order valence-corrected chi connectivity index (χ2v) is 8.13. The third-order valence-corrected chi connectivity index (χ3v) is 5.93. The zero-order valence-electron chi connectivity index (χ0n) is 17.0. The lowest BCUT2D eigenvalue weighted by Gasteiger charge is -2.30. The number of ether oxygens (including phenoxy) is 1. The number of anilines is 2. The van der Waals surface area contributed by atoms with E-state index in [9.17, 15) is 9.59 Å². The molecule has 1 fully saturated rings. The van der Waals surface area contributed by atoms with Crippen LogP contribution in [0.5, 0.6) is 5.75 Å². The van der Waals surface area contributed by atoms with Crippen molar-refractivity contribution >= 4 is 44.4 Å². The second kappa shape index (κ2) is 9.17. The number of aromatic nitrogens is 2. The minimum atomic E-state index is -0.890. The molecule has 0 bridgehead atoms. The summed E-state index contributed by atoms with van der Waals surface area (Å²) >= 11 is 1.25. The predicted molar refractivity (Wildman–Crippen MR) is 119 cm³/mol. The van der Waals surface area contributed by atoms with Gasteiger partial charge in [-0.1, -0.05) is 41.7 Å². The number of carbonyl (C=O) groups excluding carboxylic acids is 1. The van der Waals surface area contributed by atoms with E-state index < -0.39 is 6.09 Å². The first-order chi connectivity index (χ1) is 15.0. The summed E-state index contributed by atoms with van der Waals surface area (Å²) in [5.41, 5.74) is 0.464. The van der Waals surface area contributed by atoms with Gasteiger partial charge < -0.3 is 20.1 Å². The van der Waals surface area contributed by atoms with E-state index >= 15 is 0 Å². The van der Waals surface area contributed by atoms with E-state index in [-0.39, 0.29) is 11.9 Å². The van der Waals surface area contributed by atoms with Gasteiger partial charge in [-0.05, 0) is 36.6 Å². The van der Waals surface area contributed by atoms with Crippen LogP contribution in [0.2, 0.25) is 0 Å². The maximum atomic E-state index is 13.1. The van der Waals surface area contributed by atoms with Gasteiger partial charge in [-0.15, -0.1) is 10.2 Å². The molecule has 3 aromatic rings. The van der Waals surface area contributed by atoms with E-state index in [1.807, 2.05) is 37.3 Å². The molecule has 0 atom stereocenters. The van der Waals surface area contributed by atoms with Gasteiger partial charge in [-0.3, -0.25) is 10.1 Å². The van der Waals surface area contributed by atoms with Crippen molar-refractivity contribution in [2.45, 2.75) is 25.8 Å². The Morgan fingerprint density at radius 3 is 2.65 bits per heavy atom. The first kappa shape index (κ1) is 20.9. The number of likely N-dealkylation sites (tertiary alicyclic amines) is 1. The molecule has 4 rings (SSSR count). The van der Waals surface area contributed by atoms with Crippen molar-refractivity contribution in [1.29, 1.82) is 0 Å². The molecule has 2 amide bonds. The van der Waals surface area contributed by atoms with Crippen LogP contribution in [-0.4, -0.2) is 57.9 Å². The van der Waals surface area contributed by atoms with Gasteiger partial charge in [-0.2, -0.15) is 0 Å². The van der Waals surface area contributed by atoms with Crippen LogP contribution in [0.25, 0.3) is 10.8 Å². The Balaban J connectivity index is 1.46. The van der Waals surface area contributed by atoms with E-state index in [0.29, 0.717) is 54.1 Å². The SMILES string of the molecule is CCOc1ccc2ccccc2c1C(=O)Nc1nnc(NC2CCN(C(=O)O)CC2)s1. The normalized spacial score (nSPS) is 14.4. The van der Waals surface area contributed by atoms with Gasteiger partial charge in [0, 0.05) is 19.1 Å². The van der Waals surface area contributed by atoms with E-state index in [0.717, 1.165) is 10.8 Å². The lowest BCUT2D eigenvalue weighted by molar-refractivity contribution is 0.102. The Morgan fingerprint density at radius 1 is 1.16 bits per heavy atom. The molecule has 0 saturated carbocycles. The van der Waals surface area contributed by atoms with Crippen LogP contribution in [0.4, 0.5) is 15.1 Å². The quantitative estimate of drug-likeness (QED) is 0.531. The average Bonchev–Trinajstić information content (AvgIpc) is 3.20. The molecule has 2 aromatic carbocycles. The summed E-state index contributed by atoms with van der Waals surface area (Å²) in [4.78, 5) is 25.5. The van der Waals surface area contributed by atoms with Crippen LogP contribution in [0.3, 0.4) is 0 Å². The summed E-state index contributed by atoms with van der Waals surface area (Å²) in [6.45, 7) is 3.29. The number of nitrogens with zero attached hydrogens (tertiary/aromatic N) is 3. The average molecular weight is 442 g/mol. The van der Waals surface area contributed by atoms with Crippen molar-refractivity contribution in [3.8, 4) is 5.75 Å². The van der Waals surface area contributed by atoms with E-state index in [1.165, 1.54) is 16.2 Å². The van der Waals surface area contributed by atoms with Crippen molar-refractivity contribution in [1.82, 2.24) is 15.1 Å². The number of benzene rings is 2. The lowest BCUT2D eigenvalue weighted by Crippen LogP contribution is -2.41. The predicted octanol–water partition coefficient (Wildman–Crippen LogP) is 3.90. The third kappa shape index (κ3) is 4.69. The topological polar surface area (TPSA) is 117 Å². The highest BCUT2D eigenvalue weighted by atomic mass is 32.1. The largest absolute Gasteiger partial charge is 0.493 e. The molecule has 1 aliphatic rings. The first-order valence-corrected chi connectivity index (χ1v) is 10.9. The minimum Gasteiger partial charge on any atom is -0.493 e. The van der Waals surface area contributed by atoms with Crippen molar-refractivity contribution < 1.29 is 19.4 Å². The molecule has 31 heavy (non-hydrogen) atoms. The monoisotopic (exact) mass is 441 g/mol. The summed E-state index contributed by atoms with van der Waals surface area (Å²) in [6.07, 6.45) is 0.502. The van der Waals surface area contributed by atoms with Crippen molar-refractivity contribution in [2.75, 3.05) is 30.3 Å². The van der Waals surface area contributed by atoms with Gasteiger partial charge >= 0.3 is 6.09 Å². The van der Waals surface area contributed by atoms with E-state index in [1.54, 1.807) is 6.07 Å². The molecule has 162 valence electrons. The first-order valence-electron chi connectivity index (χ1n) is 10.1. The minimum absolute atomic E-state index is 0.120. The Kier molecular flexibility index (Phi) is 6.17. The van der Waals surface area contributed by atoms with Gasteiger partial charge in [0.15, 0.2) is 0 Å². The van der Waals surface area contributed by atoms with E-state index in [2.05, 4.69) is 20.8 Å². The fourth-order valence-corrected chi connectivity index (χ4v) is 4.36. The second-order valence-electron chi connectivity index (χ2n) is 7.15. The lowest BCUT2D eigenvalue weighted by atomic mass is 10.0. The highest BCUT2D eigenvalue weighted by Crippen LogP contribution is 2.30. The van der Waals surface area contributed by atoms with Crippen LogP contribution in [0.1, 0.15) is 30.1 Å². The zero-order chi connectivity index (χ0) is 21.8. The molecule has 1 aliphatic heterocycles. The number of carbonyl (C=O) groups is 2. The summed E-state index contributed by atoms with van der Waals surface area (Å²) in [5.74, 6) is 0.212. The van der Waals surface area contributed by atoms with Gasteiger partial charge in [-0.25, -0.2) is 4.79 Å². The number of rotatable bonds is 6. The van der Waals surface area contributed by atoms with Crippen LogP contribution >= 0.6 is 11.3 Å². The summed E-state index contributed by atoms with van der Waals surface area (Å²) < 4.78 is 5.68. The molecule has 10 heteroatoms. The van der Waals surface area contributed by atoms with Gasteiger partial charge in [0.05, 0.1) is 12.2 Å². The standard InChI is InChI=1S/C21H23N5O4S/c1-2-30-16-8-7-13-5-3-4-6-15(13)17(16)18(27)23-20-25-24-19(31-20)22-14-9-11-26(12-10-14)21(28)29/h3-8,14H,2,9-12H2,1H3,(H,22,24)(H,28,29)(H,23,25,27). The smallest absolute Gasteiger partial charge is 0.407 e.